The van der Waals surface area contributed by atoms with Crippen LogP contribution in [0.25, 0.3) is 11.1 Å². The summed E-state index contributed by atoms with van der Waals surface area (Å²) in [5.41, 5.74) is 3.59. The van der Waals surface area contributed by atoms with Gasteiger partial charge < -0.3 is 9.47 Å². The number of nitrogens with zero attached hydrogens (tertiary/aromatic N) is 2. The number of pyridine rings is 1. The van der Waals surface area contributed by atoms with E-state index in [1.807, 2.05) is 66.7 Å². The third-order valence-corrected chi connectivity index (χ3v) is 4.67. The molecule has 31 heavy (non-hydrogen) atoms. The number of ether oxygens (including phenoxy) is 2. The van der Waals surface area contributed by atoms with Crippen LogP contribution in [0.4, 0.5) is 5.69 Å². The highest BCUT2D eigenvalue weighted by molar-refractivity contribution is 5.70. The molecule has 4 aromatic rings. The first-order valence-corrected chi connectivity index (χ1v) is 9.78. The number of benzene rings is 3. The summed E-state index contributed by atoms with van der Waals surface area (Å²) in [6, 6.07) is 29.6. The third-order valence-electron chi connectivity index (χ3n) is 4.67. The zero-order chi connectivity index (χ0) is 21.5. The Balaban J connectivity index is 1.60. The first-order valence-electron chi connectivity index (χ1n) is 9.78. The van der Waals surface area contributed by atoms with Gasteiger partial charge in [-0.3, -0.25) is 10.1 Å². The van der Waals surface area contributed by atoms with Crippen LogP contribution >= 0.6 is 0 Å². The quantitative estimate of drug-likeness (QED) is 0.269. The highest BCUT2D eigenvalue weighted by Gasteiger charge is 2.13. The van der Waals surface area contributed by atoms with Gasteiger partial charge in [-0.1, -0.05) is 60.7 Å². The molecule has 0 N–H and O–H groups in total. The van der Waals surface area contributed by atoms with Gasteiger partial charge in [0, 0.05) is 23.8 Å². The van der Waals surface area contributed by atoms with E-state index >= 15 is 0 Å². The van der Waals surface area contributed by atoms with E-state index in [0.717, 1.165) is 22.3 Å². The fraction of sp³-hybridized carbons (Fsp3) is 0.0800. The van der Waals surface area contributed by atoms with E-state index in [2.05, 4.69) is 4.98 Å². The molecule has 3 aromatic carbocycles. The van der Waals surface area contributed by atoms with Crippen LogP contribution in [0, 0.1) is 10.1 Å². The standard InChI is InChI=1S/C25H20N2O4/c28-27(29)22-13-11-21(12-14-22)23-15-16-24(30-17-19-7-3-1-4-8-19)26-25(23)31-18-20-9-5-2-6-10-20/h1-16H,17-18H2. The van der Waals surface area contributed by atoms with Gasteiger partial charge in [-0.25, -0.2) is 0 Å². The highest BCUT2D eigenvalue weighted by atomic mass is 16.6. The normalized spacial score (nSPS) is 10.5. The van der Waals surface area contributed by atoms with E-state index in [9.17, 15) is 10.1 Å². The molecule has 0 saturated heterocycles. The number of nitro benzene ring substituents is 1. The molecule has 6 heteroatoms. The van der Waals surface area contributed by atoms with Gasteiger partial charge in [0.05, 0.1) is 4.92 Å². The third kappa shape index (κ3) is 5.25. The van der Waals surface area contributed by atoms with Crippen molar-refractivity contribution in [2.24, 2.45) is 0 Å². The number of hydrogen-bond acceptors (Lipinski definition) is 5. The Morgan fingerprint density at radius 3 is 1.87 bits per heavy atom. The van der Waals surface area contributed by atoms with Crippen molar-refractivity contribution in [3.05, 3.63) is 118 Å². The van der Waals surface area contributed by atoms with Crippen molar-refractivity contribution >= 4 is 5.69 Å². The molecule has 1 heterocycles. The van der Waals surface area contributed by atoms with Crippen LogP contribution in [0.2, 0.25) is 0 Å². The molecule has 0 spiro atoms. The molecule has 0 fully saturated rings. The Morgan fingerprint density at radius 2 is 1.29 bits per heavy atom. The molecular formula is C25H20N2O4. The predicted molar refractivity (Wildman–Crippen MR) is 118 cm³/mol. The molecule has 0 unspecified atom stereocenters. The van der Waals surface area contributed by atoms with Gasteiger partial charge in [-0.05, 0) is 34.9 Å². The molecule has 0 aliphatic heterocycles. The van der Waals surface area contributed by atoms with Crippen LogP contribution in [0.1, 0.15) is 11.1 Å². The molecular weight excluding hydrogens is 392 g/mol. The summed E-state index contributed by atoms with van der Waals surface area (Å²) < 4.78 is 11.9. The van der Waals surface area contributed by atoms with E-state index in [-0.39, 0.29) is 5.69 Å². The molecule has 0 atom stereocenters. The van der Waals surface area contributed by atoms with Gasteiger partial charge in [0.15, 0.2) is 0 Å². The SMILES string of the molecule is O=[N+]([O-])c1ccc(-c2ccc(OCc3ccccc3)nc2OCc2ccccc2)cc1. The van der Waals surface area contributed by atoms with Crippen molar-refractivity contribution < 1.29 is 14.4 Å². The summed E-state index contributed by atoms with van der Waals surface area (Å²) in [5, 5.41) is 11.0. The monoisotopic (exact) mass is 412 g/mol. The summed E-state index contributed by atoms with van der Waals surface area (Å²) in [7, 11) is 0. The Morgan fingerprint density at radius 1 is 0.710 bits per heavy atom. The maximum absolute atomic E-state index is 11.0. The maximum atomic E-state index is 11.0. The minimum Gasteiger partial charge on any atom is -0.473 e. The minimum atomic E-state index is -0.421. The summed E-state index contributed by atoms with van der Waals surface area (Å²) in [6.45, 7) is 0.735. The van der Waals surface area contributed by atoms with E-state index < -0.39 is 4.92 Å². The van der Waals surface area contributed by atoms with E-state index in [4.69, 9.17) is 9.47 Å². The second kappa shape index (κ2) is 9.54. The zero-order valence-electron chi connectivity index (χ0n) is 16.7. The minimum absolute atomic E-state index is 0.0336. The Bertz CT molecular complexity index is 1150. The van der Waals surface area contributed by atoms with Crippen LogP contribution in [0.5, 0.6) is 11.8 Å². The predicted octanol–water partition coefficient (Wildman–Crippen LogP) is 5.81. The number of rotatable bonds is 8. The number of non-ortho nitro benzene ring substituents is 1. The van der Waals surface area contributed by atoms with E-state index in [0.29, 0.717) is 25.0 Å². The molecule has 0 radical (unpaired) electrons. The molecule has 4 rings (SSSR count). The van der Waals surface area contributed by atoms with Crippen LogP contribution in [0.15, 0.2) is 97.1 Å². The van der Waals surface area contributed by atoms with E-state index in [1.54, 1.807) is 18.2 Å². The average Bonchev–Trinajstić information content (AvgIpc) is 2.83. The summed E-state index contributed by atoms with van der Waals surface area (Å²) in [4.78, 5) is 15.1. The molecule has 6 nitrogen and oxygen atoms in total. The fourth-order valence-corrected chi connectivity index (χ4v) is 3.05. The lowest BCUT2D eigenvalue weighted by Crippen LogP contribution is -2.02. The van der Waals surface area contributed by atoms with Gasteiger partial charge in [0.1, 0.15) is 13.2 Å². The van der Waals surface area contributed by atoms with Crippen molar-refractivity contribution in [1.29, 1.82) is 0 Å². The summed E-state index contributed by atoms with van der Waals surface area (Å²) in [5.74, 6) is 0.848. The second-order valence-corrected chi connectivity index (χ2v) is 6.85. The Hall–Kier alpha value is -4.19. The summed E-state index contributed by atoms with van der Waals surface area (Å²) in [6.07, 6.45) is 0. The number of hydrogen-bond donors (Lipinski definition) is 0. The fourth-order valence-electron chi connectivity index (χ4n) is 3.05. The molecule has 0 bridgehead atoms. The largest absolute Gasteiger partial charge is 0.473 e. The summed E-state index contributed by atoms with van der Waals surface area (Å²) >= 11 is 0. The highest BCUT2D eigenvalue weighted by Crippen LogP contribution is 2.32. The molecule has 0 aliphatic carbocycles. The topological polar surface area (TPSA) is 74.5 Å². The first-order chi connectivity index (χ1) is 15.2. The molecule has 0 amide bonds. The van der Waals surface area contributed by atoms with Crippen molar-refractivity contribution in [2.45, 2.75) is 13.2 Å². The second-order valence-electron chi connectivity index (χ2n) is 6.85. The molecule has 154 valence electrons. The lowest BCUT2D eigenvalue weighted by molar-refractivity contribution is -0.384. The van der Waals surface area contributed by atoms with Crippen LogP contribution in [-0.4, -0.2) is 9.91 Å². The molecule has 0 saturated carbocycles. The van der Waals surface area contributed by atoms with E-state index in [1.165, 1.54) is 12.1 Å². The van der Waals surface area contributed by atoms with Gasteiger partial charge >= 0.3 is 0 Å². The number of nitro groups is 1. The lowest BCUT2D eigenvalue weighted by Gasteiger charge is -2.13. The average molecular weight is 412 g/mol. The van der Waals surface area contributed by atoms with Gasteiger partial charge in [0.2, 0.25) is 11.8 Å². The van der Waals surface area contributed by atoms with Crippen molar-refractivity contribution in [3.8, 4) is 22.9 Å². The number of aromatic nitrogens is 1. The van der Waals surface area contributed by atoms with Gasteiger partial charge in [0.25, 0.3) is 5.69 Å². The van der Waals surface area contributed by atoms with Crippen LogP contribution in [0.3, 0.4) is 0 Å². The van der Waals surface area contributed by atoms with Crippen LogP contribution < -0.4 is 9.47 Å². The molecule has 0 aliphatic rings. The lowest BCUT2D eigenvalue weighted by atomic mass is 10.1. The van der Waals surface area contributed by atoms with Crippen molar-refractivity contribution in [3.63, 3.8) is 0 Å². The zero-order valence-corrected chi connectivity index (χ0v) is 16.7. The Kier molecular flexibility index (Phi) is 6.18. The van der Waals surface area contributed by atoms with Crippen molar-refractivity contribution in [1.82, 2.24) is 4.98 Å². The van der Waals surface area contributed by atoms with Gasteiger partial charge in [-0.15, -0.1) is 0 Å². The molecule has 1 aromatic heterocycles. The van der Waals surface area contributed by atoms with Crippen molar-refractivity contribution in [2.75, 3.05) is 0 Å². The van der Waals surface area contributed by atoms with Crippen LogP contribution in [-0.2, 0) is 13.2 Å². The smallest absolute Gasteiger partial charge is 0.269 e. The first kappa shape index (κ1) is 20.1. The van der Waals surface area contributed by atoms with Gasteiger partial charge in [-0.2, -0.15) is 4.98 Å². The maximum Gasteiger partial charge on any atom is 0.269 e. The Labute approximate surface area is 179 Å².